The third-order valence-electron chi connectivity index (χ3n) is 6.66. The predicted molar refractivity (Wildman–Crippen MR) is 133 cm³/mol. The second-order valence-electron chi connectivity index (χ2n) is 10.6. The van der Waals surface area contributed by atoms with Gasteiger partial charge in [-0.25, -0.2) is 4.98 Å². The highest BCUT2D eigenvalue weighted by Crippen LogP contribution is 2.46. The first-order valence-corrected chi connectivity index (χ1v) is 12.2. The predicted octanol–water partition coefficient (Wildman–Crippen LogP) is 7.43. The fourth-order valence-corrected chi connectivity index (χ4v) is 5.40. The van der Waals surface area contributed by atoms with E-state index in [4.69, 9.17) is 14.8 Å². The molecule has 0 radical (unpaired) electrons. The van der Waals surface area contributed by atoms with E-state index < -0.39 is 17.7 Å². The molecule has 4 rings (SSSR count). The van der Waals surface area contributed by atoms with Crippen LogP contribution in [0.4, 0.5) is 24.8 Å². The lowest BCUT2D eigenvalue weighted by molar-refractivity contribution is -0.138. The quantitative estimate of drug-likeness (QED) is 0.313. The fraction of sp³-hybridized carbons (Fsp3) is 0.481. The molecule has 2 atom stereocenters. The standard InChI is InChI=1S/C27H32F3N3O3/c1-17-13-20(16-26(2,3)15-17)33-23-11-10-21(36-12-4-5-24(34)35)14-22(23)32-25(33)31-19-8-6-18(7-9-19)27(28,29)30/h6-11,14,17,20H,4-5,12-13,15-16H2,1-3H3,(H,31,32)(H,34,35)/t17-,20+/m0/s1. The summed E-state index contributed by atoms with van der Waals surface area (Å²) in [6.45, 7) is 7.06. The van der Waals surface area contributed by atoms with Gasteiger partial charge in [0.2, 0.25) is 5.95 Å². The van der Waals surface area contributed by atoms with E-state index in [2.05, 4.69) is 30.7 Å². The van der Waals surface area contributed by atoms with Gasteiger partial charge in [-0.2, -0.15) is 13.2 Å². The molecule has 1 fully saturated rings. The van der Waals surface area contributed by atoms with Crippen molar-refractivity contribution in [3.8, 4) is 5.75 Å². The maximum Gasteiger partial charge on any atom is 0.416 e. The first kappa shape index (κ1) is 25.9. The van der Waals surface area contributed by atoms with Crippen LogP contribution < -0.4 is 10.1 Å². The summed E-state index contributed by atoms with van der Waals surface area (Å²) in [7, 11) is 0. The number of carbonyl (C=O) groups is 1. The minimum atomic E-state index is -4.39. The van der Waals surface area contributed by atoms with Gasteiger partial charge < -0.3 is 19.7 Å². The number of rotatable bonds is 8. The maximum atomic E-state index is 13.0. The molecule has 2 N–H and O–H groups in total. The number of anilines is 2. The first-order valence-electron chi connectivity index (χ1n) is 12.2. The van der Waals surface area contributed by atoms with Crippen LogP contribution in [0.2, 0.25) is 0 Å². The minimum absolute atomic E-state index is 0.0354. The lowest BCUT2D eigenvalue weighted by Crippen LogP contribution is -2.29. The molecule has 1 aromatic heterocycles. The number of fused-ring (bicyclic) bond motifs is 1. The van der Waals surface area contributed by atoms with Crippen LogP contribution in [0.5, 0.6) is 5.75 Å². The fourth-order valence-electron chi connectivity index (χ4n) is 5.40. The Bertz CT molecular complexity index is 1220. The Kier molecular flexibility index (Phi) is 7.20. The van der Waals surface area contributed by atoms with Crippen molar-refractivity contribution in [3.05, 3.63) is 48.0 Å². The Labute approximate surface area is 208 Å². The van der Waals surface area contributed by atoms with E-state index in [1.165, 1.54) is 12.1 Å². The smallest absolute Gasteiger partial charge is 0.416 e. The second kappa shape index (κ2) is 10.0. The number of carboxylic acid groups (broad SMARTS) is 1. The normalized spacial score (nSPS) is 19.8. The number of hydrogen-bond acceptors (Lipinski definition) is 4. The van der Waals surface area contributed by atoms with Crippen molar-refractivity contribution in [3.63, 3.8) is 0 Å². The van der Waals surface area contributed by atoms with E-state index in [0.717, 1.165) is 36.9 Å². The van der Waals surface area contributed by atoms with Gasteiger partial charge in [-0.15, -0.1) is 0 Å². The lowest BCUT2D eigenvalue weighted by atomic mass is 9.70. The van der Waals surface area contributed by atoms with Crippen molar-refractivity contribution in [1.82, 2.24) is 9.55 Å². The maximum absolute atomic E-state index is 13.0. The van der Waals surface area contributed by atoms with Crippen LogP contribution in [0.25, 0.3) is 11.0 Å². The number of hydrogen-bond donors (Lipinski definition) is 2. The van der Waals surface area contributed by atoms with Crippen LogP contribution in [0.1, 0.15) is 64.5 Å². The molecule has 1 heterocycles. The molecule has 1 aliphatic rings. The number of halogens is 3. The summed E-state index contributed by atoms with van der Waals surface area (Å²) in [5.74, 6) is 0.821. The van der Waals surface area contributed by atoms with Crippen molar-refractivity contribution in [2.24, 2.45) is 11.3 Å². The highest BCUT2D eigenvalue weighted by Gasteiger charge is 2.35. The van der Waals surface area contributed by atoms with E-state index in [9.17, 15) is 18.0 Å². The van der Waals surface area contributed by atoms with Crippen LogP contribution in [0, 0.1) is 11.3 Å². The Morgan fingerprint density at radius 3 is 2.56 bits per heavy atom. The molecule has 0 unspecified atom stereocenters. The van der Waals surface area contributed by atoms with Gasteiger partial charge in [0.15, 0.2) is 0 Å². The summed E-state index contributed by atoms with van der Waals surface area (Å²) in [4.78, 5) is 15.5. The van der Waals surface area contributed by atoms with Crippen molar-refractivity contribution < 1.29 is 27.8 Å². The van der Waals surface area contributed by atoms with E-state index in [0.29, 0.717) is 35.2 Å². The number of nitrogens with zero attached hydrogens (tertiary/aromatic N) is 2. The van der Waals surface area contributed by atoms with E-state index in [-0.39, 0.29) is 24.5 Å². The number of aromatic nitrogens is 2. The Balaban J connectivity index is 1.67. The molecule has 0 amide bonds. The molecular formula is C27H32F3N3O3. The first-order chi connectivity index (χ1) is 16.9. The zero-order valence-electron chi connectivity index (χ0n) is 20.7. The molecule has 1 aliphatic carbocycles. The zero-order valence-corrected chi connectivity index (χ0v) is 20.7. The third kappa shape index (κ3) is 6.12. The molecule has 6 nitrogen and oxygen atoms in total. The van der Waals surface area contributed by atoms with Crippen LogP contribution in [-0.2, 0) is 11.0 Å². The largest absolute Gasteiger partial charge is 0.494 e. The molecule has 2 aromatic carbocycles. The van der Waals surface area contributed by atoms with Crippen molar-refractivity contribution in [2.45, 2.75) is 65.1 Å². The average Bonchev–Trinajstić information content (AvgIpc) is 3.12. The van der Waals surface area contributed by atoms with Gasteiger partial charge in [0.1, 0.15) is 5.75 Å². The topological polar surface area (TPSA) is 76.4 Å². The van der Waals surface area contributed by atoms with Crippen molar-refractivity contribution in [2.75, 3.05) is 11.9 Å². The molecule has 0 saturated heterocycles. The van der Waals surface area contributed by atoms with Crippen molar-refractivity contribution >= 4 is 28.6 Å². The average molecular weight is 504 g/mol. The van der Waals surface area contributed by atoms with E-state index in [1.807, 2.05) is 18.2 Å². The van der Waals surface area contributed by atoms with Crippen LogP contribution >= 0.6 is 0 Å². The highest BCUT2D eigenvalue weighted by atomic mass is 19.4. The number of imidazole rings is 1. The molecule has 0 bridgehead atoms. The summed E-state index contributed by atoms with van der Waals surface area (Å²) in [5.41, 5.74) is 1.59. The van der Waals surface area contributed by atoms with E-state index >= 15 is 0 Å². The summed E-state index contributed by atoms with van der Waals surface area (Å²) < 4.78 is 46.9. The summed E-state index contributed by atoms with van der Waals surface area (Å²) >= 11 is 0. The molecule has 0 spiro atoms. The monoisotopic (exact) mass is 503 g/mol. The van der Waals surface area contributed by atoms with Crippen LogP contribution in [0.15, 0.2) is 42.5 Å². The Hall–Kier alpha value is -3.23. The van der Waals surface area contributed by atoms with Gasteiger partial charge in [0.25, 0.3) is 0 Å². The van der Waals surface area contributed by atoms with Crippen LogP contribution in [0.3, 0.4) is 0 Å². The van der Waals surface area contributed by atoms with Gasteiger partial charge in [0, 0.05) is 24.2 Å². The number of alkyl halides is 3. The van der Waals surface area contributed by atoms with Gasteiger partial charge in [-0.3, -0.25) is 4.79 Å². The molecule has 36 heavy (non-hydrogen) atoms. The third-order valence-corrected chi connectivity index (χ3v) is 6.66. The highest BCUT2D eigenvalue weighted by molar-refractivity contribution is 5.81. The van der Waals surface area contributed by atoms with Gasteiger partial charge in [-0.1, -0.05) is 20.8 Å². The summed E-state index contributed by atoms with van der Waals surface area (Å²) in [5, 5.41) is 12.1. The zero-order chi connectivity index (χ0) is 26.1. The van der Waals surface area contributed by atoms with Gasteiger partial charge in [-0.05, 0) is 73.4 Å². The number of nitrogens with one attached hydrogen (secondary N) is 1. The molecule has 3 aromatic rings. The summed E-state index contributed by atoms with van der Waals surface area (Å²) in [6, 6.07) is 10.7. The van der Waals surface area contributed by atoms with Gasteiger partial charge >= 0.3 is 12.1 Å². The molecule has 1 saturated carbocycles. The number of carboxylic acids is 1. The number of ether oxygens (including phenoxy) is 1. The number of benzene rings is 2. The molecule has 9 heteroatoms. The van der Waals surface area contributed by atoms with Crippen LogP contribution in [-0.4, -0.2) is 27.2 Å². The number of aliphatic carboxylic acids is 1. The van der Waals surface area contributed by atoms with Gasteiger partial charge in [0.05, 0.1) is 23.2 Å². The Morgan fingerprint density at radius 1 is 1.19 bits per heavy atom. The molecular weight excluding hydrogens is 471 g/mol. The second-order valence-corrected chi connectivity index (χ2v) is 10.6. The summed E-state index contributed by atoms with van der Waals surface area (Å²) in [6.07, 6.45) is -0.893. The molecule has 0 aliphatic heterocycles. The Morgan fingerprint density at radius 2 is 1.92 bits per heavy atom. The van der Waals surface area contributed by atoms with E-state index in [1.54, 1.807) is 0 Å². The SMILES string of the molecule is C[C@H]1C[C@@H](n2c(Nc3ccc(C(F)(F)F)cc3)nc3cc(OCCCC(=O)O)ccc32)CC(C)(C)C1. The molecule has 194 valence electrons. The minimum Gasteiger partial charge on any atom is -0.494 e. The lowest BCUT2D eigenvalue weighted by Gasteiger charge is -2.40. The van der Waals surface area contributed by atoms with Crippen molar-refractivity contribution in [1.29, 1.82) is 0 Å².